The zero-order chi connectivity index (χ0) is 27.5. The van der Waals surface area contributed by atoms with Gasteiger partial charge in [-0.1, -0.05) is 12.1 Å². The average molecular weight is 538 g/mol. The van der Waals surface area contributed by atoms with Crippen LogP contribution in [0.3, 0.4) is 0 Å². The second-order valence-electron chi connectivity index (χ2n) is 8.96. The highest BCUT2D eigenvalue weighted by atomic mass is 32.2. The van der Waals surface area contributed by atoms with Gasteiger partial charge in [0.1, 0.15) is 22.4 Å². The molecule has 1 saturated carbocycles. The molecule has 1 amide bonds. The van der Waals surface area contributed by atoms with Crippen molar-refractivity contribution in [3.05, 3.63) is 69.6 Å². The smallest absolute Gasteiger partial charge is 0.265 e. The molecule has 0 spiro atoms. The van der Waals surface area contributed by atoms with Gasteiger partial charge in [0.05, 0.1) is 18.2 Å². The summed E-state index contributed by atoms with van der Waals surface area (Å²) in [6, 6.07) is 11.9. The molecule has 12 heteroatoms. The predicted octanol–water partition coefficient (Wildman–Crippen LogP) is 2.43. The number of hydrogen-bond donors (Lipinski definition) is 1. The maximum atomic E-state index is 13.1. The lowest BCUT2D eigenvalue weighted by Crippen LogP contribution is -2.32. The molecule has 2 aromatic heterocycles. The largest absolute Gasteiger partial charge is 0.481 e. The number of nitrogens with one attached hydrogen (secondary N) is 1. The van der Waals surface area contributed by atoms with E-state index in [1.807, 2.05) is 6.07 Å². The molecule has 0 aliphatic heterocycles. The fraction of sp³-hybridized carbons (Fsp3) is 0.346. The van der Waals surface area contributed by atoms with Gasteiger partial charge in [0, 0.05) is 32.1 Å². The van der Waals surface area contributed by atoms with Crippen molar-refractivity contribution in [1.29, 1.82) is 5.26 Å². The number of carbonyl (C=O) groups excluding carboxylic acids is 1. The van der Waals surface area contributed by atoms with Crippen LogP contribution < -0.4 is 15.6 Å². The highest BCUT2D eigenvalue weighted by molar-refractivity contribution is 7.92. The zero-order valence-electron chi connectivity index (χ0n) is 21.2. The van der Waals surface area contributed by atoms with E-state index >= 15 is 0 Å². The summed E-state index contributed by atoms with van der Waals surface area (Å²) in [7, 11) is -2.39. The molecule has 2 heterocycles. The van der Waals surface area contributed by atoms with E-state index in [4.69, 9.17) is 14.7 Å². The Morgan fingerprint density at radius 1 is 1.26 bits per heavy atom. The van der Waals surface area contributed by atoms with Crippen LogP contribution in [0.1, 0.15) is 48.2 Å². The molecule has 1 aliphatic carbocycles. The fourth-order valence-electron chi connectivity index (χ4n) is 3.96. The highest BCUT2D eigenvalue weighted by Crippen LogP contribution is 2.45. The number of rotatable bonds is 9. The summed E-state index contributed by atoms with van der Waals surface area (Å²) in [4.78, 5) is 30.1. The Kier molecular flexibility index (Phi) is 7.50. The van der Waals surface area contributed by atoms with Crippen LogP contribution in [-0.4, -0.2) is 47.7 Å². The summed E-state index contributed by atoms with van der Waals surface area (Å²) in [5, 5.41) is 12.2. The Morgan fingerprint density at radius 2 is 1.97 bits per heavy atom. The summed E-state index contributed by atoms with van der Waals surface area (Å²) in [6.45, 7) is 3.52. The molecule has 198 valence electrons. The second kappa shape index (κ2) is 10.6. The lowest BCUT2D eigenvalue weighted by Gasteiger charge is -2.17. The van der Waals surface area contributed by atoms with Crippen molar-refractivity contribution in [1.82, 2.24) is 14.9 Å². The van der Waals surface area contributed by atoms with Crippen molar-refractivity contribution in [3.63, 3.8) is 0 Å². The third-order valence-corrected chi connectivity index (χ3v) is 8.42. The van der Waals surface area contributed by atoms with Gasteiger partial charge in [0.25, 0.3) is 21.5 Å². The summed E-state index contributed by atoms with van der Waals surface area (Å²) in [5.74, 6) is -0.408. The number of nitrogens with zero attached hydrogens (tertiary/aromatic N) is 4. The molecule has 3 aromatic rings. The first-order chi connectivity index (χ1) is 18.1. The maximum Gasteiger partial charge on any atom is 0.265 e. The molecule has 1 aliphatic rings. The van der Waals surface area contributed by atoms with Crippen molar-refractivity contribution in [2.75, 3.05) is 13.2 Å². The molecule has 0 unspecified atom stereocenters. The van der Waals surface area contributed by atoms with Gasteiger partial charge in [0.2, 0.25) is 5.88 Å². The molecule has 0 saturated heterocycles. The van der Waals surface area contributed by atoms with Gasteiger partial charge in [-0.2, -0.15) is 5.26 Å². The molecule has 1 N–H and O–H groups in total. The summed E-state index contributed by atoms with van der Waals surface area (Å²) < 4.78 is 40.6. The molecule has 0 radical (unpaired) electrons. The molecule has 11 nitrogen and oxygen atoms in total. The van der Waals surface area contributed by atoms with Crippen LogP contribution in [0.25, 0.3) is 10.9 Å². The van der Waals surface area contributed by atoms with Gasteiger partial charge in [-0.3, -0.25) is 9.59 Å². The van der Waals surface area contributed by atoms with Crippen LogP contribution in [0.5, 0.6) is 5.88 Å². The number of aromatic nitrogens is 2. The molecule has 1 fully saturated rings. The van der Waals surface area contributed by atoms with Crippen LogP contribution in [0, 0.1) is 11.3 Å². The minimum atomic E-state index is -3.89. The number of ether oxygens (including phenoxy) is 2. The number of carbonyl (C=O) groups is 1. The van der Waals surface area contributed by atoms with Gasteiger partial charge in [-0.15, -0.1) is 4.40 Å². The topological polar surface area (TPSA) is 153 Å². The van der Waals surface area contributed by atoms with Crippen LogP contribution in [0.2, 0.25) is 0 Å². The molecule has 0 bridgehead atoms. The molecular weight excluding hydrogens is 510 g/mol. The first-order valence-corrected chi connectivity index (χ1v) is 13.4. The van der Waals surface area contributed by atoms with Gasteiger partial charge in [0.15, 0.2) is 5.90 Å². The van der Waals surface area contributed by atoms with E-state index in [1.54, 1.807) is 37.3 Å². The van der Waals surface area contributed by atoms with E-state index in [2.05, 4.69) is 14.7 Å². The summed E-state index contributed by atoms with van der Waals surface area (Å²) in [5.41, 5.74) is 1.00. The van der Waals surface area contributed by atoms with Gasteiger partial charge in [-0.05, 0) is 49.6 Å². The SMILES string of the molecule is CCOC(C)=NS(=O)(=O)C1(COc2nccc3cc(C(=O)NCc4ccc(C#N)cc4)c(=O)n(C)c23)CC1. The molecule has 0 atom stereocenters. The lowest BCUT2D eigenvalue weighted by atomic mass is 10.1. The normalized spacial score (nSPS) is 14.5. The quantitative estimate of drug-likeness (QED) is 0.323. The second-order valence-corrected chi connectivity index (χ2v) is 11.0. The molecule has 1 aromatic carbocycles. The minimum Gasteiger partial charge on any atom is -0.481 e. The maximum absolute atomic E-state index is 13.1. The number of pyridine rings is 2. The van der Waals surface area contributed by atoms with Crippen molar-refractivity contribution in [2.24, 2.45) is 11.4 Å². The van der Waals surface area contributed by atoms with Crippen molar-refractivity contribution >= 4 is 32.7 Å². The van der Waals surface area contributed by atoms with Gasteiger partial charge >= 0.3 is 0 Å². The first kappa shape index (κ1) is 26.8. The van der Waals surface area contributed by atoms with E-state index in [9.17, 15) is 18.0 Å². The molecule has 38 heavy (non-hydrogen) atoms. The van der Waals surface area contributed by atoms with Crippen LogP contribution >= 0.6 is 0 Å². The van der Waals surface area contributed by atoms with E-state index in [-0.39, 0.29) is 30.5 Å². The Bertz CT molecular complexity index is 1620. The lowest BCUT2D eigenvalue weighted by molar-refractivity contribution is 0.0949. The van der Waals surface area contributed by atoms with E-state index in [1.165, 1.54) is 30.8 Å². The number of benzene rings is 1. The molecular formula is C26H27N5O6S. The number of fused-ring (bicyclic) bond motifs is 1. The zero-order valence-corrected chi connectivity index (χ0v) is 22.0. The fourth-order valence-corrected chi connectivity index (χ4v) is 5.37. The molecule has 4 rings (SSSR count). The monoisotopic (exact) mass is 537 g/mol. The third kappa shape index (κ3) is 5.38. The third-order valence-electron chi connectivity index (χ3n) is 6.30. The van der Waals surface area contributed by atoms with Crippen molar-refractivity contribution < 1.29 is 22.7 Å². The summed E-state index contributed by atoms with van der Waals surface area (Å²) in [6.07, 6.45) is 2.23. The number of amides is 1. The Labute approximate surface area is 219 Å². The Morgan fingerprint density at radius 3 is 2.61 bits per heavy atom. The van der Waals surface area contributed by atoms with E-state index in [0.29, 0.717) is 35.9 Å². The van der Waals surface area contributed by atoms with Crippen molar-refractivity contribution in [2.45, 2.75) is 38.0 Å². The number of hydrogen-bond acceptors (Lipinski definition) is 8. The minimum absolute atomic E-state index is 0.0622. The van der Waals surface area contributed by atoms with Crippen LogP contribution in [0.4, 0.5) is 0 Å². The predicted molar refractivity (Wildman–Crippen MR) is 140 cm³/mol. The van der Waals surface area contributed by atoms with E-state index < -0.39 is 26.2 Å². The Hall–Kier alpha value is -4.24. The van der Waals surface area contributed by atoms with E-state index in [0.717, 1.165) is 5.56 Å². The van der Waals surface area contributed by atoms with Gasteiger partial charge in [-0.25, -0.2) is 13.4 Å². The number of aryl methyl sites for hydroxylation is 1. The highest BCUT2D eigenvalue weighted by Gasteiger charge is 2.56. The average Bonchev–Trinajstić information content (AvgIpc) is 3.70. The van der Waals surface area contributed by atoms with Crippen LogP contribution in [-0.2, 0) is 28.4 Å². The van der Waals surface area contributed by atoms with Gasteiger partial charge < -0.3 is 19.4 Å². The first-order valence-electron chi connectivity index (χ1n) is 11.9. The number of sulfonamides is 1. The number of nitriles is 1. The summed E-state index contributed by atoms with van der Waals surface area (Å²) >= 11 is 0. The standard InChI is InChI=1S/C26H27N5O6S/c1-4-36-17(2)30-38(34,35)26(10-11-26)16-37-24-22-20(9-12-28-24)13-21(25(33)31(22)3)23(32)29-15-19-7-5-18(14-27)6-8-19/h5-9,12-13H,4,10-11,15-16H2,1-3H3,(H,29,32). The Balaban J connectivity index is 1.55. The van der Waals surface area contributed by atoms with Crippen LogP contribution in [0.15, 0.2) is 51.8 Å². The van der Waals surface area contributed by atoms with Crippen molar-refractivity contribution in [3.8, 4) is 11.9 Å².